The van der Waals surface area contributed by atoms with Crippen molar-refractivity contribution in [2.24, 2.45) is 0 Å². The molecule has 0 aromatic carbocycles. The number of carboxylic acids is 1. The Morgan fingerprint density at radius 1 is 1.64 bits per heavy atom. The minimum Gasteiger partial charge on any atom is -0.481 e. The molecule has 0 aliphatic rings. The topological polar surface area (TPSA) is 93.3 Å². The molecule has 1 heterocycles. The van der Waals surface area contributed by atoms with Gasteiger partial charge in [0.15, 0.2) is 0 Å². The highest BCUT2D eigenvalue weighted by Gasteiger charge is 2.11. The number of aliphatic carboxylic acids is 1. The lowest BCUT2D eigenvalue weighted by atomic mass is 10.2. The summed E-state index contributed by atoms with van der Waals surface area (Å²) in [7, 11) is 0. The number of hydrogen-bond acceptors (Lipinski definition) is 4. The third-order valence-electron chi connectivity index (χ3n) is 1.38. The maximum Gasteiger partial charge on any atom is 0.309 e. The van der Waals surface area contributed by atoms with Crippen LogP contribution in [-0.4, -0.2) is 21.0 Å². The molecule has 0 fully saturated rings. The van der Waals surface area contributed by atoms with Gasteiger partial charge < -0.3 is 5.11 Å². The van der Waals surface area contributed by atoms with E-state index in [4.69, 9.17) is 16.7 Å². The second-order valence-electron chi connectivity index (χ2n) is 2.47. The van der Waals surface area contributed by atoms with Gasteiger partial charge in [-0.1, -0.05) is 11.6 Å². The Bertz CT molecular complexity index is 393. The molecule has 0 radical (unpaired) electrons. The average molecular weight is 217 g/mol. The van der Waals surface area contributed by atoms with Crippen LogP contribution in [0, 0.1) is 10.1 Å². The van der Waals surface area contributed by atoms with Gasteiger partial charge in [-0.3, -0.25) is 14.9 Å². The molecule has 7 heteroatoms. The Kier molecular flexibility index (Phi) is 2.98. The van der Waals surface area contributed by atoms with Crippen LogP contribution in [0.5, 0.6) is 0 Å². The second kappa shape index (κ2) is 4.01. The van der Waals surface area contributed by atoms with Crippen molar-refractivity contribution < 1.29 is 14.8 Å². The first-order valence-corrected chi connectivity index (χ1v) is 3.89. The van der Waals surface area contributed by atoms with E-state index in [0.29, 0.717) is 0 Å². The summed E-state index contributed by atoms with van der Waals surface area (Å²) in [6, 6.07) is 2.15. The number of rotatable bonds is 3. The minimum absolute atomic E-state index is 0.0664. The zero-order chi connectivity index (χ0) is 10.7. The lowest BCUT2D eigenvalue weighted by molar-refractivity contribution is -0.385. The number of aromatic nitrogens is 1. The number of pyridine rings is 1. The maximum absolute atomic E-state index is 10.4. The summed E-state index contributed by atoms with van der Waals surface area (Å²) in [5.41, 5.74) is -0.196. The quantitative estimate of drug-likeness (QED) is 0.467. The standard InChI is InChI=1S/C7H5ClN2O4/c8-6-3-5(10(13)14)1-4(9-6)2-7(11)12/h1,3H,2H2,(H,11,12). The van der Waals surface area contributed by atoms with Crippen molar-refractivity contribution in [1.29, 1.82) is 0 Å². The van der Waals surface area contributed by atoms with Crippen LogP contribution in [-0.2, 0) is 11.2 Å². The van der Waals surface area contributed by atoms with Crippen molar-refractivity contribution in [3.8, 4) is 0 Å². The van der Waals surface area contributed by atoms with Crippen LogP contribution in [0.4, 0.5) is 5.69 Å². The third-order valence-corrected chi connectivity index (χ3v) is 1.57. The molecule has 0 bridgehead atoms. The molecule has 0 saturated carbocycles. The molecule has 0 atom stereocenters. The third kappa shape index (κ3) is 2.67. The monoisotopic (exact) mass is 216 g/mol. The Hall–Kier alpha value is -1.69. The minimum atomic E-state index is -1.12. The summed E-state index contributed by atoms with van der Waals surface area (Å²) in [5.74, 6) is -1.12. The first-order valence-electron chi connectivity index (χ1n) is 3.51. The SMILES string of the molecule is O=C(O)Cc1cc([N+](=O)[O-])cc(Cl)n1. The normalized spacial score (nSPS) is 9.79. The van der Waals surface area contributed by atoms with Gasteiger partial charge in [-0.05, 0) is 0 Å². The number of hydrogen-bond donors (Lipinski definition) is 1. The van der Waals surface area contributed by atoms with E-state index in [1.54, 1.807) is 0 Å². The van der Waals surface area contributed by atoms with Gasteiger partial charge in [0.2, 0.25) is 0 Å². The zero-order valence-electron chi connectivity index (χ0n) is 6.81. The maximum atomic E-state index is 10.4. The smallest absolute Gasteiger partial charge is 0.309 e. The molecule has 1 aromatic rings. The van der Waals surface area contributed by atoms with Crippen molar-refractivity contribution in [3.05, 3.63) is 33.1 Å². The molecule has 0 spiro atoms. The highest BCUT2D eigenvalue weighted by molar-refractivity contribution is 6.29. The van der Waals surface area contributed by atoms with E-state index in [-0.39, 0.29) is 23.0 Å². The first-order chi connectivity index (χ1) is 6.49. The summed E-state index contributed by atoms with van der Waals surface area (Å²) in [5, 5.41) is 18.7. The van der Waals surface area contributed by atoms with E-state index in [1.165, 1.54) is 0 Å². The van der Waals surface area contributed by atoms with Gasteiger partial charge in [-0.25, -0.2) is 4.98 Å². The molecular weight excluding hydrogens is 212 g/mol. The van der Waals surface area contributed by atoms with Crippen LogP contribution >= 0.6 is 11.6 Å². The molecule has 0 unspecified atom stereocenters. The van der Waals surface area contributed by atoms with Gasteiger partial charge in [0, 0.05) is 6.07 Å². The van der Waals surface area contributed by atoms with Crippen LogP contribution in [0.2, 0.25) is 5.15 Å². The number of nitro groups is 1. The molecule has 74 valence electrons. The Balaban J connectivity index is 3.07. The number of nitrogens with zero attached hydrogens (tertiary/aromatic N) is 2. The van der Waals surface area contributed by atoms with E-state index < -0.39 is 10.9 Å². The number of carbonyl (C=O) groups is 1. The van der Waals surface area contributed by atoms with Crippen molar-refractivity contribution >= 4 is 23.3 Å². The second-order valence-corrected chi connectivity index (χ2v) is 2.85. The van der Waals surface area contributed by atoms with Crippen molar-refractivity contribution in [2.45, 2.75) is 6.42 Å². The summed E-state index contributed by atoms with van der Waals surface area (Å²) in [4.78, 5) is 23.7. The van der Waals surface area contributed by atoms with E-state index in [9.17, 15) is 14.9 Å². The molecular formula is C7H5ClN2O4. The van der Waals surface area contributed by atoms with Gasteiger partial charge in [-0.15, -0.1) is 0 Å². The fourth-order valence-electron chi connectivity index (χ4n) is 0.887. The number of carboxylic acid groups (broad SMARTS) is 1. The molecule has 1 N–H and O–H groups in total. The van der Waals surface area contributed by atoms with E-state index in [0.717, 1.165) is 12.1 Å². The predicted molar refractivity (Wildman–Crippen MR) is 47.2 cm³/mol. The molecule has 6 nitrogen and oxygen atoms in total. The zero-order valence-corrected chi connectivity index (χ0v) is 7.56. The molecule has 0 aliphatic heterocycles. The highest BCUT2D eigenvalue weighted by atomic mass is 35.5. The lowest BCUT2D eigenvalue weighted by Crippen LogP contribution is -2.03. The van der Waals surface area contributed by atoms with E-state index >= 15 is 0 Å². The van der Waals surface area contributed by atoms with Crippen molar-refractivity contribution in [2.75, 3.05) is 0 Å². The molecule has 0 amide bonds. The van der Waals surface area contributed by atoms with Crippen LogP contribution in [0.3, 0.4) is 0 Å². The molecule has 1 rings (SSSR count). The summed E-state index contributed by atoms with van der Waals surface area (Å²) in [6.45, 7) is 0. The molecule has 0 aliphatic carbocycles. The van der Waals surface area contributed by atoms with Gasteiger partial charge in [0.05, 0.1) is 23.1 Å². The van der Waals surface area contributed by atoms with Gasteiger partial charge in [-0.2, -0.15) is 0 Å². The Morgan fingerprint density at radius 3 is 2.79 bits per heavy atom. The summed E-state index contributed by atoms with van der Waals surface area (Å²) >= 11 is 5.47. The first kappa shape index (κ1) is 10.4. The van der Waals surface area contributed by atoms with Gasteiger partial charge >= 0.3 is 5.97 Å². The van der Waals surface area contributed by atoms with Crippen LogP contribution in [0.15, 0.2) is 12.1 Å². The molecule has 14 heavy (non-hydrogen) atoms. The molecule has 1 aromatic heterocycles. The predicted octanol–water partition coefficient (Wildman–Crippen LogP) is 1.27. The van der Waals surface area contributed by atoms with Crippen molar-refractivity contribution in [1.82, 2.24) is 4.98 Å². The van der Waals surface area contributed by atoms with Crippen LogP contribution in [0.1, 0.15) is 5.69 Å². The summed E-state index contributed by atoms with van der Waals surface area (Å²) in [6.07, 6.45) is -0.388. The van der Waals surface area contributed by atoms with E-state index in [1.807, 2.05) is 0 Å². The Morgan fingerprint density at radius 2 is 2.29 bits per heavy atom. The van der Waals surface area contributed by atoms with Gasteiger partial charge in [0.25, 0.3) is 5.69 Å². The van der Waals surface area contributed by atoms with Gasteiger partial charge in [0.1, 0.15) is 5.15 Å². The fraction of sp³-hybridized carbons (Fsp3) is 0.143. The fourth-order valence-corrected chi connectivity index (χ4v) is 1.11. The largest absolute Gasteiger partial charge is 0.481 e. The van der Waals surface area contributed by atoms with E-state index in [2.05, 4.69) is 4.98 Å². The lowest BCUT2D eigenvalue weighted by Gasteiger charge is -1.97. The van der Waals surface area contributed by atoms with Crippen molar-refractivity contribution in [3.63, 3.8) is 0 Å². The van der Waals surface area contributed by atoms with Crippen LogP contribution in [0.25, 0.3) is 0 Å². The summed E-state index contributed by atoms with van der Waals surface area (Å²) < 4.78 is 0. The molecule has 0 saturated heterocycles. The average Bonchev–Trinajstić information content (AvgIpc) is 2.01. The Labute approximate surface area is 83.3 Å². The highest BCUT2D eigenvalue weighted by Crippen LogP contribution is 2.17. The number of halogens is 1. The van der Waals surface area contributed by atoms with Crippen LogP contribution < -0.4 is 0 Å².